The van der Waals surface area contributed by atoms with E-state index in [1.165, 1.54) is 11.8 Å². The summed E-state index contributed by atoms with van der Waals surface area (Å²) in [5, 5.41) is 18.9. The molecule has 4 aromatic rings. The molecule has 1 amide bonds. The van der Waals surface area contributed by atoms with Gasteiger partial charge in [-0.2, -0.15) is 5.10 Å². The molecule has 0 N–H and O–H groups in total. The van der Waals surface area contributed by atoms with Gasteiger partial charge in [-0.05, 0) is 39.2 Å². The molecule has 1 unspecified atom stereocenters. The first kappa shape index (κ1) is 22.8. The Balaban J connectivity index is 1.34. The molecular weight excluding hydrogens is 460 g/mol. The summed E-state index contributed by atoms with van der Waals surface area (Å²) in [7, 11) is 1.64. The van der Waals surface area contributed by atoms with Gasteiger partial charge in [-0.25, -0.2) is 9.69 Å². The van der Waals surface area contributed by atoms with E-state index in [9.17, 15) is 4.79 Å². The summed E-state index contributed by atoms with van der Waals surface area (Å²) < 4.78 is 7.00. The SMILES string of the molecule is COc1ccc(C2CC(c3ccccc3)=NN2C(=O)CSc2nnnn2Cc2ccccc2)cc1. The number of thioether (sulfide) groups is 1. The number of nitrogens with zero attached hydrogens (tertiary/aromatic N) is 6. The van der Waals surface area contributed by atoms with Gasteiger partial charge in [-0.15, -0.1) is 5.10 Å². The molecule has 35 heavy (non-hydrogen) atoms. The summed E-state index contributed by atoms with van der Waals surface area (Å²) in [4.78, 5) is 13.4. The first-order chi connectivity index (χ1) is 17.2. The van der Waals surface area contributed by atoms with Crippen LogP contribution >= 0.6 is 11.8 Å². The van der Waals surface area contributed by atoms with Crippen LogP contribution in [-0.2, 0) is 11.3 Å². The van der Waals surface area contributed by atoms with Crippen LogP contribution in [-0.4, -0.2) is 49.7 Å². The highest BCUT2D eigenvalue weighted by Gasteiger charge is 2.33. The van der Waals surface area contributed by atoms with E-state index in [0.29, 0.717) is 18.1 Å². The number of aromatic nitrogens is 4. The lowest BCUT2D eigenvalue weighted by Crippen LogP contribution is -2.28. The van der Waals surface area contributed by atoms with Crippen LogP contribution in [0.1, 0.15) is 29.2 Å². The molecule has 1 atom stereocenters. The summed E-state index contributed by atoms with van der Waals surface area (Å²) in [6.07, 6.45) is 0.637. The number of hydrazone groups is 1. The van der Waals surface area contributed by atoms with Crippen molar-refractivity contribution >= 4 is 23.4 Å². The Hall–Kier alpha value is -3.98. The molecule has 1 aliphatic rings. The molecule has 0 saturated heterocycles. The molecule has 0 radical (unpaired) electrons. The van der Waals surface area contributed by atoms with Crippen LogP contribution in [0.25, 0.3) is 0 Å². The molecular formula is C26H24N6O2S. The van der Waals surface area contributed by atoms with Gasteiger partial charge in [-0.3, -0.25) is 4.79 Å². The largest absolute Gasteiger partial charge is 0.497 e. The number of hydrogen-bond donors (Lipinski definition) is 0. The zero-order valence-electron chi connectivity index (χ0n) is 19.2. The molecule has 9 heteroatoms. The number of rotatable bonds is 8. The van der Waals surface area contributed by atoms with E-state index in [0.717, 1.165) is 28.2 Å². The van der Waals surface area contributed by atoms with Crippen molar-refractivity contribution in [3.63, 3.8) is 0 Å². The van der Waals surface area contributed by atoms with Crippen LogP contribution in [0.15, 0.2) is 95.2 Å². The van der Waals surface area contributed by atoms with Crippen LogP contribution in [0.4, 0.5) is 0 Å². The zero-order chi connectivity index (χ0) is 24.0. The number of methoxy groups -OCH3 is 1. The van der Waals surface area contributed by atoms with Gasteiger partial charge in [-0.1, -0.05) is 84.6 Å². The normalized spacial score (nSPS) is 15.2. The second kappa shape index (κ2) is 10.5. The highest BCUT2D eigenvalue weighted by atomic mass is 32.2. The van der Waals surface area contributed by atoms with E-state index >= 15 is 0 Å². The number of hydrogen-bond acceptors (Lipinski definition) is 7. The van der Waals surface area contributed by atoms with E-state index < -0.39 is 0 Å². The lowest BCUT2D eigenvalue weighted by molar-refractivity contribution is -0.130. The molecule has 8 nitrogen and oxygen atoms in total. The maximum Gasteiger partial charge on any atom is 0.253 e. The highest BCUT2D eigenvalue weighted by molar-refractivity contribution is 7.99. The van der Waals surface area contributed by atoms with Gasteiger partial charge in [0.2, 0.25) is 5.16 Å². The molecule has 176 valence electrons. The number of benzene rings is 3. The predicted molar refractivity (Wildman–Crippen MR) is 134 cm³/mol. The topological polar surface area (TPSA) is 85.5 Å². The van der Waals surface area contributed by atoms with E-state index in [1.807, 2.05) is 84.9 Å². The predicted octanol–water partition coefficient (Wildman–Crippen LogP) is 4.20. The first-order valence-corrected chi connectivity index (χ1v) is 12.2. The van der Waals surface area contributed by atoms with Gasteiger partial charge in [0.1, 0.15) is 5.75 Å². The summed E-state index contributed by atoms with van der Waals surface area (Å²) >= 11 is 1.31. The van der Waals surface area contributed by atoms with Gasteiger partial charge < -0.3 is 4.74 Å². The minimum atomic E-state index is -0.190. The lowest BCUT2D eigenvalue weighted by atomic mass is 9.98. The summed E-state index contributed by atoms with van der Waals surface area (Å²) in [5.41, 5.74) is 4.00. The van der Waals surface area contributed by atoms with Gasteiger partial charge in [0.05, 0.1) is 31.2 Å². The summed E-state index contributed by atoms with van der Waals surface area (Å²) in [5.74, 6) is 0.846. The Bertz CT molecular complexity index is 1310. The fourth-order valence-electron chi connectivity index (χ4n) is 3.98. The van der Waals surface area contributed by atoms with E-state index in [4.69, 9.17) is 9.84 Å². The zero-order valence-corrected chi connectivity index (χ0v) is 20.0. The maximum atomic E-state index is 13.4. The van der Waals surface area contributed by atoms with Crippen LogP contribution in [0.5, 0.6) is 5.75 Å². The van der Waals surface area contributed by atoms with Crippen molar-refractivity contribution in [2.75, 3.05) is 12.9 Å². The van der Waals surface area contributed by atoms with Crippen molar-refractivity contribution in [1.82, 2.24) is 25.2 Å². The second-order valence-electron chi connectivity index (χ2n) is 8.04. The fourth-order valence-corrected chi connectivity index (χ4v) is 4.71. The third-order valence-electron chi connectivity index (χ3n) is 5.77. The smallest absolute Gasteiger partial charge is 0.253 e. The minimum Gasteiger partial charge on any atom is -0.497 e. The van der Waals surface area contributed by atoms with Crippen LogP contribution in [0.2, 0.25) is 0 Å². The number of carbonyl (C=O) groups excluding carboxylic acids is 1. The lowest BCUT2D eigenvalue weighted by Gasteiger charge is -2.22. The van der Waals surface area contributed by atoms with Crippen molar-refractivity contribution in [2.45, 2.75) is 24.2 Å². The summed E-state index contributed by atoms with van der Waals surface area (Å²) in [6, 6.07) is 27.5. The molecule has 3 aromatic carbocycles. The Morgan fingerprint density at radius 2 is 1.71 bits per heavy atom. The molecule has 5 rings (SSSR count). The Morgan fingerprint density at radius 1 is 1.00 bits per heavy atom. The third kappa shape index (κ3) is 5.25. The van der Waals surface area contributed by atoms with Crippen molar-refractivity contribution in [1.29, 1.82) is 0 Å². The van der Waals surface area contributed by atoms with Crippen molar-refractivity contribution in [2.24, 2.45) is 5.10 Å². The summed E-state index contributed by atoms with van der Waals surface area (Å²) in [6.45, 7) is 0.541. The van der Waals surface area contributed by atoms with Gasteiger partial charge >= 0.3 is 0 Å². The third-order valence-corrected chi connectivity index (χ3v) is 6.71. The maximum absolute atomic E-state index is 13.4. The van der Waals surface area contributed by atoms with Crippen LogP contribution < -0.4 is 4.74 Å². The second-order valence-corrected chi connectivity index (χ2v) is 8.98. The first-order valence-electron chi connectivity index (χ1n) is 11.2. The van der Waals surface area contributed by atoms with E-state index in [1.54, 1.807) is 16.8 Å². The minimum absolute atomic E-state index is 0.101. The monoisotopic (exact) mass is 484 g/mol. The number of amides is 1. The van der Waals surface area contributed by atoms with Crippen molar-refractivity contribution < 1.29 is 9.53 Å². The van der Waals surface area contributed by atoms with Crippen molar-refractivity contribution in [3.8, 4) is 5.75 Å². The van der Waals surface area contributed by atoms with E-state index in [-0.39, 0.29) is 17.7 Å². The van der Waals surface area contributed by atoms with Gasteiger partial charge in [0.25, 0.3) is 5.91 Å². The van der Waals surface area contributed by atoms with Gasteiger partial charge in [0.15, 0.2) is 0 Å². The Morgan fingerprint density at radius 3 is 2.43 bits per heavy atom. The Labute approximate surface area is 207 Å². The number of carbonyl (C=O) groups is 1. The number of tetrazole rings is 1. The average Bonchev–Trinajstić information content (AvgIpc) is 3.56. The van der Waals surface area contributed by atoms with Crippen LogP contribution in [0, 0.1) is 0 Å². The molecule has 0 saturated carbocycles. The van der Waals surface area contributed by atoms with Gasteiger partial charge in [0, 0.05) is 6.42 Å². The average molecular weight is 485 g/mol. The standard InChI is InChI=1S/C26H24N6O2S/c1-34-22-14-12-21(13-15-22)24-16-23(20-10-6-3-7-11-20)28-32(24)25(33)18-35-26-27-29-30-31(26)17-19-8-4-2-5-9-19/h2-15,24H,16-18H2,1H3. The molecule has 0 aliphatic carbocycles. The molecule has 1 aliphatic heterocycles. The molecule has 2 heterocycles. The van der Waals surface area contributed by atoms with E-state index in [2.05, 4.69) is 15.5 Å². The fraction of sp³-hybridized carbons (Fsp3) is 0.192. The van der Waals surface area contributed by atoms with Crippen LogP contribution in [0.3, 0.4) is 0 Å². The highest BCUT2D eigenvalue weighted by Crippen LogP contribution is 2.34. The number of ether oxygens (including phenoxy) is 1. The quantitative estimate of drug-likeness (QED) is 0.349. The van der Waals surface area contributed by atoms with Crippen molar-refractivity contribution in [3.05, 3.63) is 102 Å². The molecule has 0 spiro atoms. The molecule has 0 bridgehead atoms. The molecule has 1 aromatic heterocycles. The molecule has 0 fully saturated rings. The Kier molecular flexibility index (Phi) is 6.85.